The molecule has 0 spiro atoms. The molecule has 0 heterocycles. The molecule has 0 amide bonds. The maximum atomic E-state index is 2.43. The zero-order chi connectivity index (χ0) is 14.1. The van der Waals surface area contributed by atoms with Crippen LogP contribution in [0.5, 0.6) is 0 Å². The normalized spacial score (nSPS) is 11.7. The van der Waals surface area contributed by atoms with Gasteiger partial charge < -0.3 is 9.80 Å². The fourth-order valence-electron chi connectivity index (χ4n) is 1.68. The van der Waals surface area contributed by atoms with Crippen molar-refractivity contribution in [1.29, 1.82) is 0 Å². The first-order valence-corrected chi connectivity index (χ1v) is 8.25. The van der Waals surface area contributed by atoms with Crippen molar-refractivity contribution in [2.75, 3.05) is 39.5 Å². The Kier molecular flexibility index (Phi) is 8.19. The van der Waals surface area contributed by atoms with Gasteiger partial charge in [0, 0.05) is 37.2 Å². The zero-order valence-corrected chi connectivity index (χ0v) is 13.6. The summed E-state index contributed by atoms with van der Waals surface area (Å²) in [4.78, 5) is 4.82. The number of benzene rings is 1. The van der Waals surface area contributed by atoms with Gasteiger partial charge in [0.05, 0.1) is 0 Å². The third-order valence-corrected chi connectivity index (χ3v) is 4.45. The van der Waals surface area contributed by atoms with E-state index in [0.29, 0.717) is 6.04 Å². The van der Waals surface area contributed by atoms with Gasteiger partial charge in [-0.1, -0.05) is 30.3 Å². The fraction of sp³-hybridized carbons (Fsp3) is 0.625. The SMILES string of the molecule is CC(C)N(C)CCN(C)CCSCc1ccccc1. The maximum absolute atomic E-state index is 2.43. The van der Waals surface area contributed by atoms with Crippen LogP contribution in [-0.4, -0.2) is 55.3 Å². The molecule has 1 aromatic carbocycles. The van der Waals surface area contributed by atoms with Crippen LogP contribution < -0.4 is 0 Å². The maximum Gasteiger partial charge on any atom is 0.0185 e. The Balaban J connectivity index is 2.06. The predicted molar refractivity (Wildman–Crippen MR) is 87.9 cm³/mol. The van der Waals surface area contributed by atoms with E-state index in [9.17, 15) is 0 Å². The van der Waals surface area contributed by atoms with Gasteiger partial charge in [0.1, 0.15) is 0 Å². The van der Waals surface area contributed by atoms with E-state index in [4.69, 9.17) is 0 Å². The van der Waals surface area contributed by atoms with Gasteiger partial charge in [0.15, 0.2) is 0 Å². The van der Waals surface area contributed by atoms with Gasteiger partial charge in [-0.25, -0.2) is 0 Å². The lowest BCUT2D eigenvalue weighted by atomic mass is 10.2. The molecule has 108 valence electrons. The molecule has 0 aliphatic carbocycles. The smallest absolute Gasteiger partial charge is 0.0185 e. The van der Waals surface area contributed by atoms with Gasteiger partial charge in [-0.15, -0.1) is 0 Å². The highest BCUT2D eigenvalue weighted by Crippen LogP contribution is 2.11. The summed E-state index contributed by atoms with van der Waals surface area (Å²) >= 11 is 2.02. The second-order valence-corrected chi connectivity index (χ2v) is 6.52. The molecule has 0 aliphatic heterocycles. The van der Waals surface area contributed by atoms with Gasteiger partial charge in [0.25, 0.3) is 0 Å². The lowest BCUT2D eigenvalue weighted by Crippen LogP contribution is -2.35. The van der Waals surface area contributed by atoms with E-state index >= 15 is 0 Å². The second-order valence-electron chi connectivity index (χ2n) is 5.42. The predicted octanol–water partition coefficient (Wildman–Crippen LogP) is 3.19. The lowest BCUT2D eigenvalue weighted by molar-refractivity contribution is 0.230. The van der Waals surface area contributed by atoms with E-state index < -0.39 is 0 Å². The van der Waals surface area contributed by atoms with E-state index in [2.05, 4.69) is 68.1 Å². The van der Waals surface area contributed by atoms with Crippen LogP contribution in [0.3, 0.4) is 0 Å². The van der Waals surface area contributed by atoms with E-state index in [1.165, 1.54) is 17.9 Å². The third-order valence-electron chi connectivity index (χ3n) is 3.44. The van der Waals surface area contributed by atoms with Gasteiger partial charge >= 0.3 is 0 Å². The standard InChI is InChI=1S/C16H28N2S/c1-15(2)18(4)11-10-17(3)12-13-19-14-16-8-6-5-7-9-16/h5-9,15H,10-14H2,1-4H3. The molecule has 2 nitrogen and oxygen atoms in total. The number of nitrogens with zero attached hydrogens (tertiary/aromatic N) is 2. The largest absolute Gasteiger partial charge is 0.304 e. The minimum Gasteiger partial charge on any atom is -0.304 e. The highest BCUT2D eigenvalue weighted by molar-refractivity contribution is 7.98. The van der Waals surface area contributed by atoms with Crippen LogP contribution in [0.1, 0.15) is 19.4 Å². The molecule has 0 bridgehead atoms. The molecule has 0 saturated carbocycles. The van der Waals surface area contributed by atoms with Crippen LogP contribution >= 0.6 is 11.8 Å². The average molecular weight is 280 g/mol. The highest BCUT2D eigenvalue weighted by atomic mass is 32.2. The first kappa shape index (κ1) is 16.5. The molecular formula is C16H28N2S. The Morgan fingerprint density at radius 1 is 1.00 bits per heavy atom. The van der Waals surface area contributed by atoms with Crippen LogP contribution in [0.2, 0.25) is 0 Å². The first-order chi connectivity index (χ1) is 9.09. The molecular weight excluding hydrogens is 252 g/mol. The molecule has 1 rings (SSSR count). The summed E-state index contributed by atoms with van der Waals surface area (Å²) in [5.74, 6) is 2.33. The molecule has 0 saturated heterocycles. The number of hydrogen-bond donors (Lipinski definition) is 0. The molecule has 0 N–H and O–H groups in total. The summed E-state index contributed by atoms with van der Waals surface area (Å²) in [6.45, 7) is 7.97. The molecule has 0 unspecified atom stereocenters. The Labute approximate surface area is 123 Å². The van der Waals surface area contributed by atoms with Crippen molar-refractivity contribution in [3.63, 3.8) is 0 Å². The van der Waals surface area contributed by atoms with E-state index in [0.717, 1.165) is 18.8 Å². The summed E-state index contributed by atoms with van der Waals surface area (Å²) in [6.07, 6.45) is 0. The minimum atomic E-state index is 0.640. The topological polar surface area (TPSA) is 6.48 Å². The summed E-state index contributed by atoms with van der Waals surface area (Å²) in [5.41, 5.74) is 1.43. The molecule has 1 aromatic rings. The van der Waals surface area contributed by atoms with Crippen LogP contribution in [0.4, 0.5) is 0 Å². The molecule has 3 heteroatoms. The van der Waals surface area contributed by atoms with Crippen molar-refractivity contribution in [2.45, 2.75) is 25.6 Å². The van der Waals surface area contributed by atoms with Gasteiger partial charge in [-0.3, -0.25) is 0 Å². The van der Waals surface area contributed by atoms with Crippen molar-refractivity contribution in [1.82, 2.24) is 9.80 Å². The van der Waals surface area contributed by atoms with Crippen LogP contribution in [0.15, 0.2) is 30.3 Å². The van der Waals surface area contributed by atoms with Crippen molar-refractivity contribution >= 4 is 11.8 Å². The van der Waals surface area contributed by atoms with Gasteiger partial charge in [-0.05, 0) is 33.5 Å². The molecule has 0 fully saturated rings. The zero-order valence-electron chi connectivity index (χ0n) is 12.8. The van der Waals surface area contributed by atoms with Crippen LogP contribution in [0.25, 0.3) is 0 Å². The van der Waals surface area contributed by atoms with Gasteiger partial charge in [0.2, 0.25) is 0 Å². The number of thioether (sulfide) groups is 1. The van der Waals surface area contributed by atoms with Crippen molar-refractivity contribution in [3.05, 3.63) is 35.9 Å². The first-order valence-electron chi connectivity index (χ1n) is 7.10. The Morgan fingerprint density at radius 3 is 2.32 bits per heavy atom. The van der Waals surface area contributed by atoms with E-state index in [-0.39, 0.29) is 0 Å². The molecule has 0 aromatic heterocycles. The van der Waals surface area contributed by atoms with Crippen molar-refractivity contribution in [3.8, 4) is 0 Å². The number of rotatable bonds is 9. The summed E-state index contributed by atoms with van der Waals surface area (Å²) < 4.78 is 0. The Bertz CT molecular complexity index is 327. The van der Waals surface area contributed by atoms with Gasteiger partial charge in [-0.2, -0.15) is 11.8 Å². The third kappa shape index (κ3) is 7.61. The summed E-state index contributed by atoms with van der Waals surface area (Å²) in [7, 11) is 4.42. The monoisotopic (exact) mass is 280 g/mol. The lowest BCUT2D eigenvalue weighted by Gasteiger charge is -2.24. The van der Waals surface area contributed by atoms with E-state index in [1.54, 1.807) is 0 Å². The molecule has 0 radical (unpaired) electrons. The Morgan fingerprint density at radius 2 is 1.68 bits per heavy atom. The number of likely N-dealkylation sites (N-methyl/N-ethyl adjacent to an activating group) is 2. The van der Waals surface area contributed by atoms with Crippen molar-refractivity contribution in [2.24, 2.45) is 0 Å². The van der Waals surface area contributed by atoms with Crippen molar-refractivity contribution < 1.29 is 0 Å². The Hall–Kier alpha value is -0.510. The highest BCUT2D eigenvalue weighted by Gasteiger charge is 2.04. The molecule has 0 aliphatic rings. The minimum absolute atomic E-state index is 0.640. The van der Waals surface area contributed by atoms with Crippen LogP contribution in [0, 0.1) is 0 Å². The van der Waals surface area contributed by atoms with Crippen LogP contribution in [-0.2, 0) is 5.75 Å². The van der Waals surface area contributed by atoms with E-state index in [1.807, 2.05) is 11.8 Å². The molecule has 0 atom stereocenters. The quantitative estimate of drug-likeness (QED) is 0.642. The fourth-order valence-corrected chi connectivity index (χ4v) is 2.70. The summed E-state index contributed by atoms with van der Waals surface area (Å²) in [6, 6.07) is 11.4. The molecule has 19 heavy (non-hydrogen) atoms. The summed E-state index contributed by atoms with van der Waals surface area (Å²) in [5, 5.41) is 0. The number of hydrogen-bond acceptors (Lipinski definition) is 3. The average Bonchev–Trinajstić information content (AvgIpc) is 2.42. The second kappa shape index (κ2) is 9.40.